The molecule has 2 N–H and O–H groups in total. The second kappa shape index (κ2) is 8.92. The van der Waals surface area contributed by atoms with E-state index in [2.05, 4.69) is 0 Å². The molecule has 24 heavy (non-hydrogen) atoms. The molecule has 0 saturated carbocycles. The molecule has 5 heteroatoms. The Bertz CT molecular complexity index is 555. The highest BCUT2D eigenvalue weighted by atomic mass is 16.5. The predicted molar refractivity (Wildman–Crippen MR) is 91.6 cm³/mol. The topological polar surface area (TPSA) is 76.0 Å². The van der Waals surface area contributed by atoms with Crippen LogP contribution in [0.15, 0.2) is 12.1 Å². The van der Waals surface area contributed by atoms with E-state index in [0.29, 0.717) is 17.7 Å². The van der Waals surface area contributed by atoms with E-state index >= 15 is 0 Å². The Kier molecular flexibility index (Phi) is 6.91. The summed E-state index contributed by atoms with van der Waals surface area (Å²) in [5, 5.41) is 19.8. The van der Waals surface area contributed by atoms with Gasteiger partial charge in [-0.1, -0.05) is 12.8 Å². The molecule has 0 aliphatic carbocycles. The Morgan fingerprint density at radius 1 is 1.12 bits per heavy atom. The van der Waals surface area contributed by atoms with Crippen molar-refractivity contribution in [1.82, 2.24) is 0 Å². The number of esters is 1. The van der Waals surface area contributed by atoms with Gasteiger partial charge in [-0.05, 0) is 57.1 Å². The van der Waals surface area contributed by atoms with Gasteiger partial charge in [0.05, 0.1) is 19.3 Å². The van der Waals surface area contributed by atoms with Crippen molar-refractivity contribution in [1.29, 1.82) is 0 Å². The van der Waals surface area contributed by atoms with E-state index in [4.69, 9.17) is 9.47 Å². The number of aromatic hydroxyl groups is 1. The molecule has 0 amide bonds. The molecular weight excluding hydrogens is 308 g/mol. The first-order valence-corrected chi connectivity index (χ1v) is 8.80. The van der Waals surface area contributed by atoms with E-state index in [1.54, 1.807) is 6.07 Å². The number of benzene rings is 1. The van der Waals surface area contributed by atoms with Crippen LogP contribution in [0.4, 0.5) is 0 Å². The fourth-order valence-electron chi connectivity index (χ4n) is 3.20. The maximum Gasteiger partial charge on any atom is 0.342 e. The van der Waals surface area contributed by atoms with E-state index in [0.717, 1.165) is 50.5 Å². The minimum absolute atomic E-state index is 0.0861. The molecule has 2 atom stereocenters. The third-order valence-corrected chi connectivity index (χ3v) is 4.53. The average molecular weight is 336 g/mol. The van der Waals surface area contributed by atoms with E-state index in [9.17, 15) is 15.0 Å². The minimum Gasteiger partial charge on any atom is -0.508 e. The number of carbonyl (C=O) groups excluding carboxylic acids is 1. The number of aliphatic hydroxyl groups excluding tert-OH is 1. The average Bonchev–Trinajstić information content (AvgIpc) is 2.52. The summed E-state index contributed by atoms with van der Waals surface area (Å²) >= 11 is 0. The SMILES string of the molecule is COc1cc(O)cc2c1C(=O)O[C@H](C)CCC[C@H](O)CCCCC2. The van der Waals surface area contributed by atoms with Crippen LogP contribution < -0.4 is 4.74 Å². The highest BCUT2D eigenvalue weighted by Crippen LogP contribution is 2.31. The first kappa shape index (κ1) is 18.6. The molecule has 1 aliphatic heterocycles. The fourth-order valence-corrected chi connectivity index (χ4v) is 3.20. The van der Waals surface area contributed by atoms with E-state index < -0.39 is 5.97 Å². The molecule has 0 saturated heterocycles. The van der Waals surface area contributed by atoms with Crippen LogP contribution in [-0.4, -0.2) is 35.5 Å². The summed E-state index contributed by atoms with van der Waals surface area (Å²) < 4.78 is 10.8. The zero-order chi connectivity index (χ0) is 17.5. The Balaban J connectivity index is 2.26. The van der Waals surface area contributed by atoms with Crippen molar-refractivity contribution in [2.24, 2.45) is 0 Å². The van der Waals surface area contributed by atoms with E-state index in [1.165, 1.54) is 13.2 Å². The summed E-state index contributed by atoms with van der Waals surface area (Å²) in [4.78, 5) is 12.6. The molecule has 1 aliphatic rings. The Morgan fingerprint density at radius 2 is 1.88 bits per heavy atom. The van der Waals surface area contributed by atoms with Gasteiger partial charge in [-0.2, -0.15) is 0 Å². The Hall–Kier alpha value is -1.75. The van der Waals surface area contributed by atoms with Crippen molar-refractivity contribution < 1.29 is 24.5 Å². The molecule has 0 radical (unpaired) electrons. The van der Waals surface area contributed by atoms with Crippen LogP contribution in [0.25, 0.3) is 0 Å². The van der Waals surface area contributed by atoms with Gasteiger partial charge < -0.3 is 19.7 Å². The van der Waals surface area contributed by atoms with Crippen LogP contribution in [0, 0.1) is 0 Å². The maximum absolute atomic E-state index is 12.6. The second-order valence-electron chi connectivity index (χ2n) is 6.58. The first-order chi connectivity index (χ1) is 11.5. The molecule has 0 aromatic heterocycles. The zero-order valence-corrected chi connectivity index (χ0v) is 14.6. The summed E-state index contributed by atoms with van der Waals surface area (Å²) in [6, 6.07) is 3.06. The number of hydrogen-bond acceptors (Lipinski definition) is 5. The normalized spacial score (nSPS) is 23.7. The number of fused-ring (bicyclic) bond motifs is 1. The molecule has 2 rings (SSSR count). The summed E-state index contributed by atoms with van der Waals surface area (Å²) in [5.74, 6) is 0.0275. The zero-order valence-electron chi connectivity index (χ0n) is 14.6. The third-order valence-electron chi connectivity index (χ3n) is 4.53. The standard InChI is InChI=1S/C19H28O5/c1-13-7-6-10-15(20)9-5-3-4-8-14-11-16(21)12-17(23-2)18(14)19(22)24-13/h11-13,15,20-21H,3-10H2,1-2H3/t13-,15-/m1/s1. The lowest BCUT2D eigenvalue weighted by atomic mass is 9.97. The lowest BCUT2D eigenvalue weighted by Crippen LogP contribution is -2.18. The summed E-state index contributed by atoms with van der Waals surface area (Å²) in [6.07, 6.45) is 6.10. The van der Waals surface area contributed by atoms with Crippen LogP contribution in [0.5, 0.6) is 11.5 Å². The molecule has 1 heterocycles. The molecule has 1 aromatic rings. The highest BCUT2D eigenvalue weighted by Gasteiger charge is 2.22. The van der Waals surface area contributed by atoms with Crippen LogP contribution in [0.3, 0.4) is 0 Å². The number of rotatable bonds is 1. The van der Waals surface area contributed by atoms with Crippen LogP contribution in [0.2, 0.25) is 0 Å². The molecule has 0 bridgehead atoms. The van der Waals surface area contributed by atoms with E-state index in [-0.39, 0.29) is 18.0 Å². The van der Waals surface area contributed by atoms with Crippen LogP contribution in [0.1, 0.15) is 67.8 Å². The molecule has 0 fully saturated rings. The maximum atomic E-state index is 12.6. The number of carbonyl (C=O) groups is 1. The van der Waals surface area contributed by atoms with Crippen LogP contribution in [-0.2, 0) is 11.2 Å². The van der Waals surface area contributed by atoms with Gasteiger partial charge in [0.2, 0.25) is 0 Å². The minimum atomic E-state index is -0.410. The smallest absolute Gasteiger partial charge is 0.342 e. The van der Waals surface area contributed by atoms with Crippen molar-refractivity contribution in [2.45, 2.75) is 70.5 Å². The van der Waals surface area contributed by atoms with Gasteiger partial charge in [0.15, 0.2) is 0 Å². The van der Waals surface area contributed by atoms with Gasteiger partial charge in [0.1, 0.15) is 17.1 Å². The van der Waals surface area contributed by atoms with Crippen LogP contribution >= 0.6 is 0 Å². The van der Waals surface area contributed by atoms with E-state index in [1.807, 2.05) is 6.92 Å². The number of methoxy groups -OCH3 is 1. The number of aliphatic hydroxyl groups is 1. The Labute approximate surface area is 143 Å². The number of phenols is 1. The number of ether oxygens (including phenoxy) is 2. The number of aryl methyl sites for hydroxylation is 1. The van der Waals surface area contributed by atoms with Crippen molar-refractivity contribution in [3.63, 3.8) is 0 Å². The van der Waals surface area contributed by atoms with Gasteiger partial charge in [-0.15, -0.1) is 0 Å². The number of cyclic esters (lactones) is 1. The van der Waals surface area contributed by atoms with Gasteiger partial charge in [-0.25, -0.2) is 4.79 Å². The largest absolute Gasteiger partial charge is 0.508 e. The first-order valence-electron chi connectivity index (χ1n) is 8.80. The molecule has 5 nitrogen and oxygen atoms in total. The van der Waals surface area contributed by atoms with Crippen molar-refractivity contribution in [2.75, 3.05) is 7.11 Å². The summed E-state index contributed by atoms with van der Waals surface area (Å²) in [5.41, 5.74) is 1.17. The van der Waals surface area contributed by atoms with Gasteiger partial charge in [-0.3, -0.25) is 0 Å². The molecule has 1 aromatic carbocycles. The molecule has 134 valence electrons. The lowest BCUT2D eigenvalue weighted by Gasteiger charge is -2.19. The lowest BCUT2D eigenvalue weighted by molar-refractivity contribution is 0.0305. The number of hydrogen-bond donors (Lipinski definition) is 2. The van der Waals surface area contributed by atoms with Gasteiger partial charge in [0.25, 0.3) is 0 Å². The predicted octanol–water partition coefficient (Wildman–Crippen LogP) is 3.59. The second-order valence-corrected chi connectivity index (χ2v) is 6.58. The quantitative estimate of drug-likeness (QED) is 0.767. The van der Waals surface area contributed by atoms with Crippen molar-refractivity contribution >= 4 is 5.97 Å². The Morgan fingerprint density at radius 3 is 2.62 bits per heavy atom. The summed E-state index contributed by atoms with van der Waals surface area (Å²) in [6.45, 7) is 1.86. The molecule has 0 spiro atoms. The van der Waals surface area contributed by atoms with Gasteiger partial charge in [0, 0.05) is 6.07 Å². The van der Waals surface area contributed by atoms with Crippen molar-refractivity contribution in [3.8, 4) is 11.5 Å². The monoisotopic (exact) mass is 336 g/mol. The van der Waals surface area contributed by atoms with Gasteiger partial charge >= 0.3 is 5.97 Å². The number of phenolic OH excluding ortho intramolecular Hbond substituents is 1. The molecule has 0 unspecified atom stereocenters. The fraction of sp³-hybridized carbons (Fsp3) is 0.632. The van der Waals surface area contributed by atoms with Crippen molar-refractivity contribution in [3.05, 3.63) is 23.3 Å². The third kappa shape index (κ3) is 5.13. The highest BCUT2D eigenvalue weighted by molar-refractivity contribution is 5.94. The summed E-state index contributed by atoms with van der Waals surface area (Å²) in [7, 11) is 1.48. The molecular formula is C19H28O5.